The van der Waals surface area contributed by atoms with Crippen LogP contribution in [0.1, 0.15) is 5.56 Å². The summed E-state index contributed by atoms with van der Waals surface area (Å²) in [5.41, 5.74) is 0.492. The number of nitro benzene ring substituents is 1. The van der Waals surface area contributed by atoms with Gasteiger partial charge in [-0.2, -0.15) is 0 Å². The van der Waals surface area contributed by atoms with Crippen LogP contribution in [0.5, 0.6) is 0 Å². The van der Waals surface area contributed by atoms with E-state index in [1.165, 1.54) is 18.2 Å². The van der Waals surface area contributed by atoms with E-state index in [2.05, 4.69) is 6.07 Å². The molecule has 0 aliphatic carbocycles. The largest absolute Gasteiger partial charge is 0.269 e. The van der Waals surface area contributed by atoms with Gasteiger partial charge in [0, 0.05) is 18.4 Å². The summed E-state index contributed by atoms with van der Waals surface area (Å²) < 4.78 is 21.8. The first kappa shape index (κ1) is 11.6. The molecule has 5 nitrogen and oxygen atoms in total. The zero-order valence-electron chi connectivity index (χ0n) is 8.13. The summed E-state index contributed by atoms with van der Waals surface area (Å²) in [5, 5.41) is 10.4. The Morgan fingerprint density at radius 2 is 2.20 bits per heavy atom. The van der Waals surface area contributed by atoms with Crippen LogP contribution < -0.4 is 0 Å². The monoisotopic (exact) mass is 228 g/mol. The highest BCUT2D eigenvalue weighted by molar-refractivity contribution is 7.90. The lowest BCUT2D eigenvalue weighted by atomic mass is 10.1. The minimum atomic E-state index is -3.05. The Bertz CT molecular complexity index is 467. The van der Waals surface area contributed by atoms with Gasteiger partial charge in [0.1, 0.15) is 9.84 Å². The smallest absolute Gasteiger partial charge is 0.258 e. The minimum absolute atomic E-state index is 0.0231. The van der Waals surface area contributed by atoms with Crippen molar-refractivity contribution in [2.24, 2.45) is 0 Å². The topological polar surface area (TPSA) is 77.3 Å². The third kappa shape index (κ3) is 4.07. The average Bonchev–Trinajstić information content (AvgIpc) is 2.14. The lowest BCUT2D eigenvalue weighted by Crippen LogP contribution is -2.06. The summed E-state index contributed by atoms with van der Waals surface area (Å²) in [6, 6.07) is 6.86. The summed E-state index contributed by atoms with van der Waals surface area (Å²) in [6.07, 6.45) is 1.38. The van der Waals surface area contributed by atoms with Gasteiger partial charge in [-0.25, -0.2) is 8.42 Å². The zero-order chi connectivity index (χ0) is 11.5. The van der Waals surface area contributed by atoms with Crippen LogP contribution in [0, 0.1) is 16.2 Å². The van der Waals surface area contributed by atoms with E-state index in [0.29, 0.717) is 5.56 Å². The Kier molecular flexibility index (Phi) is 3.41. The van der Waals surface area contributed by atoms with Crippen molar-refractivity contribution >= 4 is 15.5 Å². The van der Waals surface area contributed by atoms with Crippen molar-refractivity contribution in [3.05, 3.63) is 39.9 Å². The number of hydrogen-bond acceptors (Lipinski definition) is 4. The maximum absolute atomic E-state index is 10.9. The van der Waals surface area contributed by atoms with Gasteiger partial charge in [0.05, 0.1) is 10.7 Å². The number of hydrogen-bond donors (Lipinski definition) is 0. The quantitative estimate of drug-likeness (QED) is 0.568. The number of non-ortho nitro benzene ring substituents is 1. The predicted octanol–water partition coefficient (Wildman–Crippen LogP) is 0.982. The molecule has 0 fully saturated rings. The molecule has 1 aromatic carbocycles. The molecule has 0 N–H and O–H groups in total. The van der Waals surface area contributed by atoms with E-state index in [-0.39, 0.29) is 17.9 Å². The van der Waals surface area contributed by atoms with E-state index in [1.807, 2.05) is 0 Å². The van der Waals surface area contributed by atoms with Gasteiger partial charge >= 0.3 is 0 Å². The van der Waals surface area contributed by atoms with Crippen LogP contribution in [-0.2, 0) is 16.3 Å². The second-order valence-electron chi connectivity index (χ2n) is 3.21. The molecule has 81 valence electrons. The van der Waals surface area contributed by atoms with E-state index in [4.69, 9.17) is 0 Å². The highest BCUT2D eigenvalue weighted by Gasteiger charge is 2.08. The Morgan fingerprint density at radius 1 is 1.53 bits per heavy atom. The number of benzene rings is 1. The van der Waals surface area contributed by atoms with Crippen LogP contribution in [0.25, 0.3) is 0 Å². The summed E-state index contributed by atoms with van der Waals surface area (Å²) in [5.74, 6) is -0.0231. The Morgan fingerprint density at radius 3 is 2.73 bits per heavy atom. The molecule has 0 aliphatic rings. The molecular formula is C9H10NO4S. The molecule has 0 saturated heterocycles. The van der Waals surface area contributed by atoms with Crippen molar-refractivity contribution in [1.29, 1.82) is 0 Å². The predicted molar refractivity (Wildman–Crippen MR) is 55.3 cm³/mol. The molecule has 0 saturated carbocycles. The van der Waals surface area contributed by atoms with Gasteiger partial charge < -0.3 is 0 Å². The molecule has 1 aromatic rings. The van der Waals surface area contributed by atoms with Gasteiger partial charge in [0.15, 0.2) is 0 Å². The molecular weight excluding hydrogens is 218 g/mol. The van der Waals surface area contributed by atoms with Crippen LogP contribution in [0.2, 0.25) is 0 Å². The van der Waals surface area contributed by atoms with Crippen LogP contribution in [0.15, 0.2) is 18.2 Å². The van der Waals surface area contributed by atoms with E-state index in [9.17, 15) is 18.5 Å². The second kappa shape index (κ2) is 4.39. The normalized spacial score (nSPS) is 11.3. The minimum Gasteiger partial charge on any atom is -0.258 e. The molecule has 0 amide bonds. The first-order valence-electron chi connectivity index (χ1n) is 4.21. The van der Waals surface area contributed by atoms with Crippen LogP contribution in [0.4, 0.5) is 5.69 Å². The van der Waals surface area contributed by atoms with Crippen molar-refractivity contribution < 1.29 is 13.3 Å². The number of sulfone groups is 1. The summed E-state index contributed by atoms with van der Waals surface area (Å²) in [4.78, 5) is 9.91. The Labute approximate surface area is 87.8 Å². The van der Waals surface area contributed by atoms with Crippen molar-refractivity contribution in [1.82, 2.24) is 0 Å². The zero-order valence-corrected chi connectivity index (χ0v) is 8.95. The second-order valence-corrected chi connectivity index (χ2v) is 5.47. The van der Waals surface area contributed by atoms with Gasteiger partial charge in [-0.1, -0.05) is 0 Å². The Hall–Kier alpha value is -1.43. The Balaban J connectivity index is 2.79. The molecule has 1 rings (SSSR count). The number of rotatable bonds is 4. The van der Waals surface area contributed by atoms with Crippen molar-refractivity contribution in [3.8, 4) is 0 Å². The summed E-state index contributed by atoms with van der Waals surface area (Å²) in [7, 11) is -3.05. The van der Waals surface area contributed by atoms with Crippen LogP contribution in [0.3, 0.4) is 0 Å². The van der Waals surface area contributed by atoms with Crippen LogP contribution >= 0.6 is 0 Å². The van der Waals surface area contributed by atoms with Gasteiger partial charge in [-0.05, 0) is 24.1 Å². The fourth-order valence-electron chi connectivity index (χ4n) is 1.06. The highest BCUT2D eigenvalue weighted by atomic mass is 32.2. The summed E-state index contributed by atoms with van der Waals surface area (Å²) in [6.45, 7) is 0. The van der Waals surface area contributed by atoms with Gasteiger partial charge in [-0.3, -0.25) is 10.1 Å². The molecule has 0 spiro atoms. The number of nitro groups is 1. The molecule has 0 aromatic heterocycles. The van der Waals surface area contributed by atoms with E-state index in [0.717, 1.165) is 6.26 Å². The van der Waals surface area contributed by atoms with E-state index in [1.54, 1.807) is 0 Å². The average molecular weight is 228 g/mol. The first-order chi connectivity index (χ1) is 6.88. The third-order valence-corrected chi connectivity index (χ3v) is 2.74. The SMILES string of the molecule is CS(=O)(=O)CCc1[c]ccc([N+](=O)[O-])c1. The van der Waals surface area contributed by atoms with Crippen LogP contribution in [-0.4, -0.2) is 25.3 Å². The standard InChI is InChI=1S/C9H10NO4S/c1-15(13,14)6-5-8-3-2-4-9(7-8)10(11)12/h2,4,7H,5-6H2,1H3. The van der Waals surface area contributed by atoms with Crippen molar-refractivity contribution in [2.75, 3.05) is 12.0 Å². The first-order valence-corrected chi connectivity index (χ1v) is 6.27. The summed E-state index contributed by atoms with van der Waals surface area (Å²) >= 11 is 0. The molecule has 1 radical (unpaired) electrons. The van der Waals surface area contributed by atoms with E-state index >= 15 is 0 Å². The van der Waals surface area contributed by atoms with Gasteiger partial charge in [-0.15, -0.1) is 0 Å². The van der Waals surface area contributed by atoms with E-state index < -0.39 is 14.8 Å². The maximum atomic E-state index is 10.9. The number of aryl methyl sites for hydroxylation is 1. The molecule has 15 heavy (non-hydrogen) atoms. The highest BCUT2D eigenvalue weighted by Crippen LogP contribution is 2.13. The maximum Gasteiger partial charge on any atom is 0.269 e. The molecule has 0 aliphatic heterocycles. The molecule has 0 atom stereocenters. The lowest BCUT2D eigenvalue weighted by Gasteiger charge is -1.99. The molecule has 0 heterocycles. The fraction of sp³-hybridized carbons (Fsp3) is 0.333. The van der Waals surface area contributed by atoms with Gasteiger partial charge in [0.25, 0.3) is 5.69 Å². The molecule has 6 heteroatoms. The van der Waals surface area contributed by atoms with Gasteiger partial charge in [0.2, 0.25) is 0 Å². The van der Waals surface area contributed by atoms with Crippen molar-refractivity contribution in [3.63, 3.8) is 0 Å². The molecule has 0 unspecified atom stereocenters. The fourth-order valence-corrected chi connectivity index (χ4v) is 1.65. The lowest BCUT2D eigenvalue weighted by molar-refractivity contribution is -0.384. The number of nitrogens with zero attached hydrogens (tertiary/aromatic N) is 1. The molecule has 0 bridgehead atoms. The third-order valence-electron chi connectivity index (χ3n) is 1.80. The van der Waals surface area contributed by atoms with Crippen molar-refractivity contribution in [2.45, 2.75) is 6.42 Å².